The lowest BCUT2D eigenvalue weighted by Gasteiger charge is -2.13. The van der Waals surface area contributed by atoms with Gasteiger partial charge in [0.25, 0.3) is 0 Å². The third-order valence-corrected chi connectivity index (χ3v) is 6.64. The topological polar surface area (TPSA) is 59.8 Å². The van der Waals surface area contributed by atoms with E-state index >= 15 is 0 Å². The van der Waals surface area contributed by atoms with Crippen LogP contribution in [-0.4, -0.2) is 32.5 Å². The predicted molar refractivity (Wildman–Crippen MR) is 122 cm³/mol. The molecular weight excluding hydrogens is 439 g/mol. The van der Waals surface area contributed by atoms with E-state index in [0.717, 1.165) is 11.1 Å². The normalized spacial score (nSPS) is 14.5. The molecule has 1 N–H and O–H groups in total. The fraction of sp³-hybridized carbons (Fsp3) is 0.318. The summed E-state index contributed by atoms with van der Waals surface area (Å²) in [5.74, 6) is 1.58. The molecule has 1 saturated carbocycles. The molecule has 1 heterocycles. The summed E-state index contributed by atoms with van der Waals surface area (Å²) in [4.78, 5) is 12.4. The van der Waals surface area contributed by atoms with Gasteiger partial charge in [-0.1, -0.05) is 65.3 Å². The number of nitrogens with zero attached hydrogens (tertiary/aromatic N) is 3. The molecule has 5 nitrogen and oxygen atoms in total. The molecule has 2 aromatic carbocycles. The summed E-state index contributed by atoms with van der Waals surface area (Å²) in [6.07, 6.45) is 2.40. The second-order valence-corrected chi connectivity index (χ2v) is 9.27. The maximum Gasteiger partial charge on any atom is 0.230 e. The van der Waals surface area contributed by atoms with E-state index in [-0.39, 0.29) is 11.9 Å². The van der Waals surface area contributed by atoms with Gasteiger partial charge in [0.1, 0.15) is 0 Å². The number of amides is 1. The second-order valence-electron chi connectivity index (χ2n) is 7.48. The zero-order valence-electron chi connectivity index (χ0n) is 16.5. The van der Waals surface area contributed by atoms with Gasteiger partial charge < -0.3 is 5.32 Å². The quantitative estimate of drug-likeness (QED) is 0.462. The number of carbonyl (C=O) groups excluding carboxylic acids is 1. The van der Waals surface area contributed by atoms with Gasteiger partial charge in [-0.05, 0) is 49.4 Å². The first-order valence-corrected chi connectivity index (χ1v) is 11.6. The van der Waals surface area contributed by atoms with Crippen LogP contribution in [0.2, 0.25) is 10.0 Å². The van der Waals surface area contributed by atoms with Crippen LogP contribution in [0.15, 0.2) is 53.7 Å². The van der Waals surface area contributed by atoms with Gasteiger partial charge in [-0.15, -0.1) is 10.2 Å². The van der Waals surface area contributed by atoms with Crippen LogP contribution in [0.1, 0.15) is 25.3 Å². The highest BCUT2D eigenvalue weighted by Gasteiger charge is 2.29. The van der Waals surface area contributed by atoms with Crippen LogP contribution in [0.3, 0.4) is 0 Å². The van der Waals surface area contributed by atoms with E-state index in [1.165, 1.54) is 24.6 Å². The molecule has 1 aromatic heterocycles. The minimum Gasteiger partial charge on any atom is -0.353 e. The maximum absolute atomic E-state index is 12.4. The van der Waals surface area contributed by atoms with Crippen molar-refractivity contribution in [3.63, 3.8) is 0 Å². The van der Waals surface area contributed by atoms with Crippen LogP contribution in [-0.2, 0) is 11.3 Å². The number of nitrogens with one attached hydrogen (secondary N) is 1. The van der Waals surface area contributed by atoms with E-state index in [2.05, 4.69) is 22.4 Å². The SMILES string of the molecule is CC(NC(=O)CSc1nnc(-c2ccc(Cl)cc2Cl)n1Cc1ccccc1)C1CC1. The second kappa shape index (κ2) is 9.41. The zero-order valence-corrected chi connectivity index (χ0v) is 18.8. The zero-order chi connectivity index (χ0) is 21.1. The number of benzene rings is 2. The van der Waals surface area contributed by atoms with Crippen LogP contribution in [0.25, 0.3) is 11.4 Å². The first-order chi connectivity index (χ1) is 14.5. The van der Waals surface area contributed by atoms with Gasteiger partial charge in [0.05, 0.1) is 17.3 Å². The largest absolute Gasteiger partial charge is 0.353 e. The predicted octanol–water partition coefficient (Wildman–Crippen LogP) is 5.31. The van der Waals surface area contributed by atoms with Crippen molar-refractivity contribution in [3.05, 3.63) is 64.1 Å². The van der Waals surface area contributed by atoms with Crippen LogP contribution in [0.4, 0.5) is 0 Å². The highest BCUT2D eigenvalue weighted by molar-refractivity contribution is 7.99. The molecule has 30 heavy (non-hydrogen) atoms. The molecular formula is C22H22Cl2N4OS. The van der Waals surface area contributed by atoms with Crippen molar-refractivity contribution in [2.24, 2.45) is 5.92 Å². The summed E-state index contributed by atoms with van der Waals surface area (Å²) in [6, 6.07) is 15.6. The summed E-state index contributed by atoms with van der Waals surface area (Å²) >= 11 is 13.9. The van der Waals surface area contributed by atoms with Gasteiger partial charge in [-0.25, -0.2) is 0 Å². The van der Waals surface area contributed by atoms with E-state index in [0.29, 0.717) is 39.2 Å². The minimum atomic E-state index is 0.0136. The van der Waals surface area contributed by atoms with Crippen LogP contribution in [0.5, 0.6) is 0 Å². The Kier molecular flexibility index (Phi) is 6.66. The van der Waals surface area contributed by atoms with Crippen molar-refractivity contribution in [1.82, 2.24) is 20.1 Å². The van der Waals surface area contributed by atoms with Crippen LogP contribution >= 0.6 is 35.0 Å². The number of carbonyl (C=O) groups is 1. The molecule has 0 aliphatic heterocycles. The molecule has 1 amide bonds. The van der Waals surface area contributed by atoms with E-state index in [1.807, 2.05) is 41.0 Å². The average molecular weight is 461 g/mol. The Labute approximate surface area is 190 Å². The lowest BCUT2D eigenvalue weighted by atomic mass is 10.2. The molecule has 0 bridgehead atoms. The van der Waals surface area contributed by atoms with E-state index < -0.39 is 0 Å². The van der Waals surface area contributed by atoms with Gasteiger partial charge in [-0.3, -0.25) is 9.36 Å². The third kappa shape index (κ3) is 5.17. The number of rotatable bonds is 8. The number of hydrogen-bond donors (Lipinski definition) is 1. The standard InChI is InChI=1S/C22H22Cl2N4OS/c1-14(16-7-8-16)25-20(29)13-30-22-27-26-21(18-10-9-17(23)11-19(18)24)28(22)12-15-5-3-2-4-6-15/h2-6,9-11,14,16H,7-8,12-13H2,1H3,(H,25,29). The summed E-state index contributed by atoms with van der Waals surface area (Å²) in [5.41, 5.74) is 1.86. The van der Waals surface area contributed by atoms with Gasteiger partial charge in [0, 0.05) is 16.6 Å². The Hall–Kier alpha value is -2.02. The van der Waals surface area contributed by atoms with Gasteiger partial charge in [0.2, 0.25) is 5.91 Å². The molecule has 0 radical (unpaired) electrons. The smallest absolute Gasteiger partial charge is 0.230 e. The Morgan fingerprint density at radius 3 is 2.67 bits per heavy atom. The lowest BCUT2D eigenvalue weighted by molar-refractivity contribution is -0.119. The summed E-state index contributed by atoms with van der Waals surface area (Å²) in [6.45, 7) is 2.64. The highest BCUT2D eigenvalue weighted by atomic mass is 35.5. The number of thioether (sulfide) groups is 1. The molecule has 3 aromatic rings. The first-order valence-electron chi connectivity index (χ1n) is 9.86. The van der Waals surface area contributed by atoms with Crippen molar-refractivity contribution in [2.75, 3.05) is 5.75 Å². The van der Waals surface area contributed by atoms with E-state index in [9.17, 15) is 4.79 Å². The Morgan fingerprint density at radius 1 is 1.20 bits per heavy atom. The Bertz CT molecular complexity index is 1040. The molecule has 156 valence electrons. The van der Waals surface area contributed by atoms with Crippen molar-refractivity contribution in [3.8, 4) is 11.4 Å². The average Bonchev–Trinajstić information content (AvgIpc) is 3.51. The summed E-state index contributed by atoms with van der Waals surface area (Å²) < 4.78 is 1.99. The Balaban J connectivity index is 1.57. The van der Waals surface area contributed by atoms with Gasteiger partial charge in [0.15, 0.2) is 11.0 Å². The molecule has 1 aliphatic carbocycles. The van der Waals surface area contributed by atoms with Crippen LogP contribution < -0.4 is 5.32 Å². The molecule has 8 heteroatoms. The van der Waals surface area contributed by atoms with Crippen molar-refractivity contribution >= 4 is 40.9 Å². The number of aromatic nitrogens is 3. The first kappa shape index (κ1) is 21.2. The molecule has 1 atom stereocenters. The minimum absolute atomic E-state index is 0.0136. The molecule has 1 unspecified atom stereocenters. The van der Waals surface area contributed by atoms with Gasteiger partial charge in [-0.2, -0.15) is 0 Å². The monoisotopic (exact) mass is 460 g/mol. The lowest BCUT2D eigenvalue weighted by Crippen LogP contribution is -2.35. The molecule has 0 saturated heterocycles. The number of hydrogen-bond acceptors (Lipinski definition) is 4. The molecule has 1 aliphatic rings. The van der Waals surface area contributed by atoms with Crippen LogP contribution in [0, 0.1) is 5.92 Å². The maximum atomic E-state index is 12.4. The highest BCUT2D eigenvalue weighted by Crippen LogP contribution is 2.33. The fourth-order valence-electron chi connectivity index (χ4n) is 3.31. The molecule has 4 rings (SSSR count). The summed E-state index contributed by atoms with van der Waals surface area (Å²) in [5, 5.41) is 13.6. The van der Waals surface area contributed by atoms with Gasteiger partial charge >= 0.3 is 0 Å². The van der Waals surface area contributed by atoms with Crippen molar-refractivity contribution in [2.45, 2.75) is 37.5 Å². The number of halogens is 2. The molecule has 0 spiro atoms. The van der Waals surface area contributed by atoms with E-state index in [4.69, 9.17) is 23.2 Å². The summed E-state index contributed by atoms with van der Waals surface area (Å²) in [7, 11) is 0. The van der Waals surface area contributed by atoms with Crippen molar-refractivity contribution < 1.29 is 4.79 Å². The van der Waals surface area contributed by atoms with E-state index in [1.54, 1.807) is 12.1 Å². The fourth-order valence-corrected chi connectivity index (χ4v) is 4.56. The van der Waals surface area contributed by atoms with Crippen molar-refractivity contribution in [1.29, 1.82) is 0 Å². The Morgan fingerprint density at radius 2 is 1.97 bits per heavy atom. The third-order valence-electron chi connectivity index (χ3n) is 5.12. The molecule has 1 fully saturated rings.